The average molecular weight is 405 g/mol. The predicted molar refractivity (Wildman–Crippen MR) is 116 cm³/mol. The van der Waals surface area contributed by atoms with Crippen molar-refractivity contribution in [2.24, 2.45) is 0 Å². The highest BCUT2D eigenvalue weighted by atomic mass is 32.1. The second-order valence-electron chi connectivity index (χ2n) is 6.65. The Kier molecular flexibility index (Phi) is 5.14. The molecule has 0 bridgehead atoms. The summed E-state index contributed by atoms with van der Waals surface area (Å²) in [7, 11) is 1.62. The van der Waals surface area contributed by atoms with Gasteiger partial charge >= 0.3 is 0 Å². The number of fused-ring (bicyclic) bond motifs is 1. The molecule has 0 atom stereocenters. The number of nitrogens with one attached hydrogen (secondary N) is 1. The topological polar surface area (TPSA) is 73.2 Å². The number of thiophene rings is 1. The maximum Gasteiger partial charge on any atom is 0.271 e. The summed E-state index contributed by atoms with van der Waals surface area (Å²) >= 11 is 1.37. The van der Waals surface area contributed by atoms with Crippen molar-refractivity contribution in [3.63, 3.8) is 0 Å². The predicted octanol–water partition coefficient (Wildman–Crippen LogP) is 4.08. The van der Waals surface area contributed by atoms with Gasteiger partial charge in [-0.2, -0.15) is 0 Å². The molecule has 0 aliphatic carbocycles. The maximum atomic E-state index is 12.8. The third-order valence-corrected chi connectivity index (χ3v) is 5.69. The lowest BCUT2D eigenvalue weighted by atomic mass is 10.2. The first-order chi connectivity index (χ1) is 14.0. The number of hydrogen-bond acceptors (Lipinski definition) is 5. The number of anilines is 1. The molecule has 1 amide bonds. The summed E-state index contributed by atoms with van der Waals surface area (Å²) in [5.74, 6) is 0.499. The zero-order valence-corrected chi connectivity index (χ0v) is 16.8. The van der Waals surface area contributed by atoms with Gasteiger partial charge in [-0.3, -0.25) is 14.2 Å². The molecule has 0 unspecified atom stereocenters. The fourth-order valence-corrected chi connectivity index (χ4v) is 4.01. The summed E-state index contributed by atoms with van der Waals surface area (Å²) in [4.78, 5) is 30.5. The van der Waals surface area contributed by atoms with Crippen molar-refractivity contribution in [3.05, 3.63) is 76.8 Å². The summed E-state index contributed by atoms with van der Waals surface area (Å²) < 4.78 is 7.05. The Labute approximate surface area is 171 Å². The molecule has 4 aromatic rings. The largest absolute Gasteiger partial charge is 0.497 e. The number of aromatic nitrogens is 2. The summed E-state index contributed by atoms with van der Waals surface area (Å²) in [5.41, 5.74) is 3.19. The van der Waals surface area contributed by atoms with Crippen LogP contribution in [0.2, 0.25) is 0 Å². The normalized spacial score (nSPS) is 10.8. The molecule has 0 saturated carbocycles. The quantitative estimate of drug-likeness (QED) is 0.543. The smallest absolute Gasteiger partial charge is 0.271 e. The van der Waals surface area contributed by atoms with Gasteiger partial charge in [0, 0.05) is 10.6 Å². The van der Waals surface area contributed by atoms with Gasteiger partial charge in [-0.05, 0) is 55.0 Å². The van der Waals surface area contributed by atoms with Crippen LogP contribution >= 0.6 is 11.3 Å². The van der Waals surface area contributed by atoms with Crippen LogP contribution in [-0.2, 0) is 11.3 Å². The number of rotatable bonds is 5. The first-order valence-electron chi connectivity index (χ1n) is 9.03. The number of benzene rings is 2. The van der Waals surface area contributed by atoms with Crippen LogP contribution in [0.1, 0.15) is 5.56 Å². The maximum absolute atomic E-state index is 12.8. The molecule has 7 heteroatoms. The van der Waals surface area contributed by atoms with Crippen LogP contribution < -0.4 is 15.6 Å². The summed E-state index contributed by atoms with van der Waals surface area (Å²) in [6.07, 6.45) is 1.42. The van der Waals surface area contributed by atoms with Crippen molar-refractivity contribution in [3.8, 4) is 16.2 Å². The lowest BCUT2D eigenvalue weighted by molar-refractivity contribution is -0.116. The molecular weight excluding hydrogens is 386 g/mol. The van der Waals surface area contributed by atoms with E-state index >= 15 is 0 Å². The molecule has 0 spiro atoms. The highest BCUT2D eigenvalue weighted by Crippen LogP contribution is 2.31. The van der Waals surface area contributed by atoms with Gasteiger partial charge in [-0.1, -0.05) is 17.7 Å². The Bertz CT molecular complexity index is 1230. The Balaban J connectivity index is 1.57. The fraction of sp³-hybridized carbons (Fsp3) is 0.136. The van der Waals surface area contributed by atoms with Gasteiger partial charge in [-0.25, -0.2) is 4.98 Å². The molecule has 0 aliphatic heterocycles. The van der Waals surface area contributed by atoms with Crippen molar-refractivity contribution in [1.82, 2.24) is 9.55 Å². The van der Waals surface area contributed by atoms with Gasteiger partial charge in [0.1, 0.15) is 17.0 Å². The van der Waals surface area contributed by atoms with Gasteiger partial charge in [0.25, 0.3) is 5.56 Å². The fourth-order valence-electron chi connectivity index (χ4n) is 2.95. The molecule has 1 N–H and O–H groups in total. The van der Waals surface area contributed by atoms with E-state index in [2.05, 4.69) is 10.3 Å². The lowest BCUT2D eigenvalue weighted by Gasteiger charge is -2.07. The first-order valence-corrected chi connectivity index (χ1v) is 9.85. The monoisotopic (exact) mass is 405 g/mol. The SMILES string of the molecule is COc1ccc(-c2cc3ncn(CC(=O)Nc4ccc(C)cc4)c(=O)c3s2)cc1. The van der Waals surface area contributed by atoms with E-state index in [-0.39, 0.29) is 18.0 Å². The minimum absolute atomic E-state index is 0.0918. The van der Waals surface area contributed by atoms with E-state index in [9.17, 15) is 9.59 Å². The molecule has 2 aromatic heterocycles. The Morgan fingerprint density at radius 1 is 1.14 bits per heavy atom. The van der Waals surface area contributed by atoms with Crippen LogP contribution in [0.4, 0.5) is 5.69 Å². The van der Waals surface area contributed by atoms with Crippen LogP contribution in [0.25, 0.3) is 20.7 Å². The van der Waals surface area contributed by atoms with Crippen molar-refractivity contribution in [2.45, 2.75) is 13.5 Å². The van der Waals surface area contributed by atoms with Crippen molar-refractivity contribution in [2.75, 3.05) is 12.4 Å². The van der Waals surface area contributed by atoms with Gasteiger partial charge in [-0.15, -0.1) is 11.3 Å². The van der Waals surface area contributed by atoms with Crippen LogP contribution in [0, 0.1) is 6.92 Å². The molecular formula is C22H19N3O3S. The minimum atomic E-state index is -0.274. The first kappa shape index (κ1) is 18.9. The molecule has 0 fully saturated rings. The molecule has 0 radical (unpaired) electrons. The Hall–Kier alpha value is -3.45. The van der Waals surface area contributed by atoms with E-state index in [4.69, 9.17) is 4.74 Å². The van der Waals surface area contributed by atoms with Gasteiger partial charge in [0.15, 0.2) is 0 Å². The summed E-state index contributed by atoms with van der Waals surface area (Å²) in [6, 6.07) is 17.0. The number of nitrogens with zero attached hydrogens (tertiary/aromatic N) is 2. The molecule has 146 valence electrons. The van der Waals surface area contributed by atoms with Crippen LogP contribution in [0.5, 0.6) is 5.75 Å². The number of carbonyl (C=O) groups excluding carboxylic acids is 1. The summed E-state index contributed by atoms with van der Waals surface area (Å²) in [5, 5.41) is 2.80. The van der Waals surface area contributed by atoms with Crippen molar-refractivity contribution < 1.29 is 9.53 Å². The molecule has 0 saturated heterocycles. The zero-order valence-electron chi connectivity index (χ0n) is 16.0. The van der Waals surface area contributed by atoms with Gasteiger partial charge in [0.05, 0.1) is 19.0 Å². The van der Waals surface area contributed by atoms with Crippen LogP contribution in [0.15, 0.2) is 65.7 Å². The van der Waals surface area contributed by atoms with E-state index < -0.39 is 0 Å². The third kappa shape index (κ3) is 4.05. The van der Waals surface area contributed by atoms with Gasteiger partial charge < -0.3 is 10.1 Å². The average Bonchev–Trinajstić information content (AvgIpc) is 3.17. The molecule has 2 aromatic carbocycles. The molecule has 6 nitrogen and oxygen atoms in total. The van der Waals surface area contributed by atoms with E-state index in [1.165, 1.54) is 22.2 Å². The number of ether oxygens (including phenoxy) is 1. The molecule has 29 heavy (non-hydrogen) atoms. The number of methoxy groups -OCH3 is 1. The second kappa shape index (κ2) is 7.89. The lowest BCUT2D eigenvalue weighted by Crippen LogP contribution is -2.27. The summed E-state index contributed by atoms with van der Waals surface area (Å²) in [6.45, 7) is 1.89. The molecule has 4 rings (SSSR count). The zero-order chi connectivity index (χ0) is 20.4. The van der Waals surface area contributed by atoms with Crippen LogP contribution in [-0.4, -0.2) is 22.6 Å². The number of aryl methyl sites for hydroxylation is 1. The van der Waals surface area contributed by atoms with Gasteiger partial charge in [0.2, 0.25) is 5.91 Å². The van der Waals surface area contributed by atoms with E-state index in [1.54, 1.807) is 7.11 Å². The van der Waals surface area contributed by atoms with E-state index in [0.717, 1.165) is 21.8 Å². The van der Waals surface area contributed by atoms with Crippen molar-refractivity contribution in [1.29, 1.82) is 0 Å². The highest BCUT2D eigenvalue weighted by Gasteiger charge is 2.13. The van der Waals surface area contributed by atoms with Crippen molar-refractivity contribution >= 4 is 33.1 Å². The standard InChI is InChI=1S/C22H19N3O3S/c1-14-3-7-16(8-4-14)24-20(26)12-25-13-23-18-11-19(29-21(18)22(25)27)15-5-9-17(28-2)10-6-15/h3-11,13H,12H2,1-2H3,(H,24,26). The highest BCUT2D eigenvalue weighted by molar-refractivity contribution is 7.22. The van der Waals surface area contributed by atoms with E-state index in [0.29, 0.717) is 15.9 Å². The second-order valence-corrected chi connectivity index (χ2v) is 7.70. The molecule has 0 aliphatic rings. The third-order valence-electron chi connectivity index (χ3n) is 4.53. The Morgan fingerprint density at radius 3 is 2.55 bits per heavy atom. The van der Waals surface area contributed by atoms with Crippen LogP contribution in [0.3, 0.4) is 0 Å². The number of amides is 1. The minimum Gasteiger partial charge on any atom is -0.497 e. The number of carbonyl (C=O) groups is 1. The molecule has 2 heterocycles. The number of hydrogen-bond donors (Lipinski definition) is 1. The Morgan fingerprint density at radius 2 is 1.86 bits per heavy atom. The van der Waals surface area contributed by atoms with E-state index in [1.807, 2.05) is 61.5 Å².